The van der Waals surface area contributed by atoms with E-state index in [1.807, 2.05) is 6.08 Å². The molecule has 3 rings (SSSR count). The molecule has 4 nitrogen and oxygen atoms in total. The molecule has 1 aliphatic heterocycles. The number of aliphatic imine (C=N–C) groups is 1. The van der Waals surface area contributed by atoms with E-state index in [1.165, 1.54) is 63.5 Å². The van der Waals surface area contributed by atoms with Crippen LogP contribution in [0, 0.1) is 6.92 Å². The van der Waals surface area contributed by atoms with Gasteiger partial charge in [0, 0.05) is 23.2 Å². The lowest BCUT2D eigenvalue weighted by molar-refractivity contribution is 0.222. The third kappa shape index (κ3) is 8.92. The fraction of sp³-hybridized carbons (Fsp3) is 0.536. The summed E-state index contributed by atoms with van der Waals surface area (Å²) in [6.07, 6.45) is 18.5. The molecule has 0 saturated carbocycles. The van der Waals surface area contributed by atoms with E-state index in [0.717, 1.165) is 47.1 Å². The molecule has 182 valence electrons. The molecule has 5 heteroatoms. The van der Waals surface area contributed by atoms with Crippen LogP contribution in [0.25, 0.3) is 6.08 Å². The van der Waals surface area contributed by atoms with E-state index in [0.29, 0.717) is 6.61 Å². The maximum Gasteiger partial charge on any atom is 0.147 e. The Morgan fingerprint density at radius 1 is 0.848 bits per heavy atom. The van der Waals surface area contributed by atoms with Gasteiger partial charge in [0.05, 0.1) is 18.0 Å². The molecule has 2 N–H and O–H groups in total. The summed E-state index contributed by atoms with van der Waals surface area (Å²) in [5.41, 5.74) is 6.37. The highest BCUT2D eigenvalue weighted by Gasteiger charge is 2.18. The summed E-state index contributed by atoms with van der Waals surface area (Å²) in [4.78, 5) is 11.8. The van der Waals surface area contributed by atoms with Crippen molar-refractivity contribution < 1.29 is 4.74 Å². The van der Waals surface area contributed by atoms with E-state index in [9.17, 15) is 0 Å². The van der Waals surface area contributed by atoms with E-state index in [4.69, 9.17) is 9.73 Å². The predicted molar refractivity (Wildman–Crippen MR) is 143 cm³/mol. The molecule has 2 aromatic rings. The van der Waals surface area contributed by atoms with E-state index < -0.39 is 0 Å². The summed E-state index contributed by atoms with van der Waals surface area (Å²) >= 11 is 0. The Balaban J connectivity index is 0.00000385. The SMILES string of the molecule is CCCCCCCCCCCc1ccc(C=C2N=C(c3ccc(C)[nH]3)C=C2OCCC)[nH]1.Cl. The average Bonchev–Trinajstić information content (AvgIpc) is 3.52. The van der Waals surface area contributed by atoms with Gasteiger partial charge in [-0.3, -0.25) is 0 Å². The standard InChI is InChI=1S/C28H41N3O.ClH/c1-4-6-7-8-9-10-11-12-13-14-23-16-17-24(30-23)20-27-28(32-19-5-2)21-26(31-27)25-18-15-22(3)29-25;/h15-18,20-21,29-30H,4-14,19H2,1-3H3;1H. The van der Waals surface area contributed by atoms with Gasteiger partial charge in [0.1, 0.15) is 11.5 Å². The number of halogens is 1. The smallest absolute Gasteiger partial charge is 0.147 e. The molecule has 0 atom stereocenters. The second kappa shape index (κ2) is 14.8. The fourth-order valence-corrected chi connectivity index (χ4v) is 4.10. The van der Waals surface area contributed by atoms with Crippen molar-refractivity contribution in [1.82, 2.24) is 9.97 Å². The minimum atomic E-state index is 0. The zero-order chi connectivity index (χ0) is 22.6. The van der Waals surface area contributed by atoms with E-state index in [2.05, 4.69) is 61.1 Å². The monoisotopic (exact) mass is 471 g/mol. The maximum atomic E-state index is 5.99. The van der Waals surface area contributed by atoms with Gasteiger partial charge in [0.2, 0.25) is 0 Å². The first-order chi connectivity index (χ1) is 15.7. The summed E-state index contributed by atoms with van der Waals surface area (Å²) in [5, 5.41) is 0. The Morgan fingerprint density at radius 2 is 1.58 bits per heavy atom. The molecule has 0 amide bonds. The Morgan fingerprint density at radius 3 is 2.24 bits per heavy atom. The van der Waals surface area contributed by atoms with Crippen molar-refractivity contribution in [2.24, 2.45) is 4.99 Å². The molecule has 33 heavy (non-hydrogen) atoms. The summed E-state index contributed by atoms with van der Waals surface area (Å²) in [6, 6.07) is 8.51. The lowest BCUT2D eigenvalue weighted by Crippen LogP contribution is -1.95. The quantitative estimate of drug-likeness (QED) is 0.252. The fourth-order valence-electron chi connectivity index (χ4n) is 4.10. The van der Waals surface area contributed by atoms with Crippen LogP contribution in [0.1, 0.15) is 101 Å². The zero-order valence-electron chi connectivity index (χ0n) is 20.7. The zero-order valence-corrected chi connectivity index (χ0v) is 21.5. The Hall–Kier alpha value is -2.20. The topological polar surface area (TPSA) is 53.2 Å². The molecular weight excluding hydrogens is 430 g/mol. The van der Waals surface area contributed by atoms with Crippen LogP contribution >= 0.6 is 12.4 Å². The number of nitrogens with zero attached hydrogens (tertiary/aromatic N) is 1. The normalized spacial score (nSPS) is 14.3. The Labute approximate surface area is 206 Å². The van der Waals surface area contributed by atoms with E-state index >= 15 is 0 Å². The van der Waals surface area contributed by atoms with Crippen molar-refractivity contribution in [3.8, 4) is 0 Å². The molecule has 2 aromatic heterocycles. The second-order valence-electron chi connectivity index (χ2n) is 8.96. The largest absolute Gasteiger partial charge is 0.491 e. The van der Waals surface area contributed by atoms with Crippen LogP contribution in [0.5, 0.6) is 0 Å². The van der Waals surface area contributed by atoms with Crippen LogP contribution in [0.3, 0.4) is 0 Å². The van der Waals surface area contributed by atoms with Crippen LogP contribution in [0.4, 0.5) is 0 Å². The van der Waals surface area contributed by atoms with Crippen molar-refractivity contribution in [3.05, 3.63) is 64.6 Å². The number of aromatic nitrogens is 2. The van der Waals surface area contributed by atoms with Gasteiger partial charge >= 0.3 is 0 Å². The molecule has 0 bridgehead atoms. The van der Waals surface area contributed by atoms with Crippen molar-refractivity contribution >= 4 is 24.2 Å². The number of hydrogen-bond donors (Lipinski definition) is 2. The number of nitrogens with one attached hydrogen (secondary N) is 2. The summed E-state index contributed by atoms with van der Waals surface area (Å²) in [5.74, 6) is 0.851. The number of ether oxygens (including phenoxy) is 1. The Kier molecular flexibility index (Phi) is 12.2. The molecule has 0 radical (unpaired) electrons. The van der Waals surface area contributed by atoms with Crippen LogP contribution in [0.15, 0.2) is 46.8 Å². The minimum absolute atomic E-state index is 0. The van der Waals surface area contributed by atoms with Gasteiger partial charge in [-0.2, -0.15) is 0 Å². The summed E-state index contributed by atoms with van der Waals surface area (Å²) < 4.78 is 5.99. The van der Waals surface area contributed by atoms with Gasteiger partial charge in [-0.25, -0.2) is 4.99 Å². The van der Waals surface area contributed by atoms with Gasteiger partial charge in [0.25, 0.3) is 0 Å². The highest BCUT2D eigenvalue weighted by Crippen LogP contribution is 2.26. The molecule has 0 spiro atoms. The van der Waals surface area contributed by atoms with Gasteiger partial charge in [0.15, 0.2) is 0 Å². The lowest BCUT2D eigenvalue weighted by atomic mass is 10.1. The van der Waals surface area contributed by atoms with E-state index in [-0.39, 0.29) is 12.4 Å². The Bertz CT molecular complexity index is 919. The number of H-pyrrole nitrogens is 2. The first-order valence-electron chi connectivity index (χ1n) is 12.7. The van der Waals surface area contributed by atoms with Gasteiger partial charge in [-0.15, -0.1) is 12.4 Å². The third-order valence-corrected chi connectivity index (χ3v) is 5.94. The molecule has 3 heterocycles. The molecule has 0 fully saturated rings. The van der Waals surface area contributed by atoms with Crippen molar-refractivity contribution in [2.75, 3.05) is 6.61 Å². The van der Waals surface area contributed by atoms with Crippen molar-refractivity contribution in [2.45, 2.75) is 91.4 Å². The number of aromatic amines is 2. The van der Waals surface area contributed by atoms with Crippen LogP contribution in [0.2, 0.25) is 0 Å². The van der Waals surface area contributed by atoms with Crippen molar-refractivity contribution in [3.63, 3.8) is 0 Å². The molecule has 0 aliphatic carbocycles. The molecule has 0 unspecified atom stereocenters. The minimum Gasteiger partial charge on any atom is -0.491 e. The predicted octanol–water partition coefficient (Wildman–Crippen LogP) is 8.30. The lowest BCUT2D eigenvalue weighted by Gasteiger charge is -2.05. The number of allylic oxidation sites excluding steroid dienone is 1. The number of hydrogen-bond acceptors (Lipinski definition) is 2. The van der Waals surface area contributed by atoms with Crippen LogP contribution < -0.4 is 0 Å². The van der Waals surface area contributed by atoms with Crippen LogP contribution in [-0.2, 0) is 11.2 Å². The van der Waals surface area contributed by atoms with Gasteiger partial charge in [-0.05, 0) is 56.5 Å². The maximum absolute atomic E-state index is 5.99. The van der Waals surface area contributed by atoms with Crippen LogP contribution in [-0.4, -0.2) is 22.3 Å². The van der Waals surface area contributed by atoms with Crippen molar-refractivity contribution in [1.29, 1.82) is 0 Å². The number of unbranched alkanes of at least 4 members (excludes halogenated alkanes) is 8. The second-order valence-corrected chi connectivity index (χ2v) is 8.96. The first kappa shape index (κ1) is 27.0. The summed E-state index contributed by atoms with van der Waals surface area (Å²) in [7, 11) is 0. The van der Waals surface area contributed by atoms with E-state index in [1.54, 1.807) is 0 Å². The highest BCUT2D eigenvalue weighted by atomic mass is 35.5. The van der Waals surface area contributed by atoms with Gasteiger partial charge in [-0.1, -0.05) is 65.2 Å². The number of aryl methyl sites for hydroxylation is 2. The molecule has 1 aliphatic rings. The third-order valence-electron chi connectivity index (χ3n) is 5.94. The molecule has 0 aromatic carbocycles. The highest BCUT2D eigenvalue weighted by molar-refractivity contribution is 6.11. The average molecular weight is 472 g/mol. The number of rotatable bonds is 15. The summed E-state index contributed by atoms with van der Waals surface area (Å²) in [6.45, 7) is 7.16. The molecular formula is C28H42ClN3O. The van der Waals surface area contributed by atoms with Gasteiger partial charge < -0.3 is 14.7 Å². The first-order valence-corrected chi connectivity index (χ1v) is 12.7. The molecule has 0 saturated heterocycles.